The molecule has 21 heavy (non-hydrogen) atoms. The SMILES string of the molecule is Cc1ccc2oc3c(N4CCCCC4)nc(N)nc3c2c1. The van der Waals surface area contributed by atoms with E-state index in [0.717, 1.165) is 41.0 Å². The van der Waals surface area contributed by atoms with Gasteiger partial charge in [-0.1, -0.05) is 11.6 Å². The van der Waals surface area contributed by atoms with Gasteiger partial charge in [-0.3, -0.25) is 0 Å². The Bertz CT molecular complexity index is 818. The highest BCUT2D eigenvalue weighted by Crippen LogP contribution is 2.34. The minimum absolute atomic E-state index is 0.312. The monoisotopic (exact) mass is 282 g/mol. The molecule has 0 bridgehead atoms. The van der Waals surface area contributed by atoms with E-state index in [2.05, 4.69) is 27.9 Å². The first-order valence-electron chi connectivity index (χ1n) is 7.44. The zero-order valence-corrected chi connectivity index (χ0v) is 12.1. The lowest BCUT2D eigenvalue weighted by molar-refractivity contribution is 0.569. The summed E-state index contributed by atoms with van der Waals surface area (Å²) in [4.78, 5) is 11.1. The Morgan fingerprint density at radius 1 is 1.14 bits per heavy atom. The number of piperidine rings is 1. The fourth-order valence-corrected chi connectivity index (χ4v) is 3.08. The summed E-state index contributed by atoms with van der Waals surface area (Å²) < 4.78 is 6.02. The van der Waals surface area contributed by atoms with Crippen molar-refractivity contribution in [2.75, 3.05) is 23.7 Å². The normalized spacial score (nSPS) is 16.0. The summed E-state index contributed by atoms with van der Waals surface area (Å²) in [6.07, 6.45) is 3.65. The lowest BCUT2D eigenvalue weighted by Crippen LogP contribution is -2.30. The first-order valence-corrected chi connectivity index (χ1v) is 7.44. The average molecular weight is 282 g/mol. The van der Waals surface area contributed by atoms with E-state index >= 15 is 0 Å². The van der Waals surface area contributed by atoms with Crippen LogP contribution in [0.15, 0.2) is 22.6 Å². The van der Waals surface area contributed by atoms with Crippen molar-refractivity contribution in [1.82, 2.24) is 9.97 Å². The van der Waals surface area contributed by atoms with Crippen LogP contribution in [0.4, 0.5) is 11.8 Å². The number of benzene rings is 1. The molecule has 0 saturated carbocycles. The number of hydrogen-bond acceptors (Lipinski definition) is 5. The van der Waals surface area contributed by atoms with Gasteiger partial charge in [0.1, 0.15) is 11.1 Å². The molecule has 1 aromatic carbocycles. The molecular weight excluding hydrogens is 264 g/mol. The largest absolute Gasteiger partial charge is 0.450 e. The van der Waals surface area contributed by atoms with E-state index in [0.29, 0.717) is 5.95 Å². The summed E-state index contributed by atoms with van der Waals surface area (Å²) in [5.74, 6) is 1.15. The molecule has 1 saturated heterocycles. The van der Waals surface area contributed by atoms with Gasteiger partial charge < -0.3 is 15.1 Å². The first-order chi connectivity index (χ1) is 10.2. The van der Waals surface area contributed by atoms with Gasteiger partial charge in [0, 0.05) is 18.5 Å². The molecule has 1 fully saturated rings. The molecule has 3 heterocycles. The predicted octanol–water partition coefficient (Wildman–Crippen LogP) is 3.26. The lowest BCUT2D eigenvalue weighted by Gasteiger charge is -2.27. The molecule has 0 amide bonds. The Labute approximate surface area is 122 Å². The summed E-state index contributed by atoms with van der Waals surface area (Å²) in [7, 11) is 0. The van der Waals surface area contributed by atoms with Crippen LogP contribution in [0.1, 0.15) is 24.8 Å². The number of anilines is 2. The number of rotatable bonds is 1. The molecule has 1 aliphatic rings. The van der Waals surface area contributed by atoms with Crippen LogP contribution in [-0.4, -0.2) is 23.1 Å². The number of aromatic nitrogens is 2. The Morgan fingerprint density at radius 2 is 1.95 bits per heavy atom. The van der Waals surface area contributed by atoms with Gasteiger partial charge in [0.25, 0.3) is 0 Å². The maximum atomic E-state index is 6.02. The van der Waals surface area contributed by atoms with E-state index in [4.69, 9.17) is 10.2 Å². The summed E-state index contributed by atoms with van der Waals surface area (Å²) in [6.45, 7) is 4.07. The van der Waals surface area contributed by atoms with Gasteiger partial charge in [-0.25, -0.2) is 4.98 Å². The van der Waals surface area contributed by atoms with E-state index in [-0.39, 0.29) is 0 Å². The van der Waals surface area contributed by atoms with Crippen molar-refractivity contribution >= 4 is 33.8 Å². The number of hydrogen-bond donors (Lipinski definition) is 1. The van der Waals surface area contributed by atoms with Crippen LogP contribution < -0.4 is 10.6 Å². The maximum absolute atomic E-state index is 6.02. The van der Waals surface area contributed by atoms with Crippen molar-refractivity contribution in [3.63, 3.8) is 0 Å². The fraction of sp³-hybridized carbons (Fsp3) is 0.375. The summed E-state index contributed by atoms with van der Waals surface area (Å²) in [6, 6.07) is 6.12. The molecule has 2 N–H and O–H groups in total. The Balaban J connectivity index is 1.99. The van der Waals surface area contributed by atoms with Gasteiger partial charge in [0.15, 0.2) is 11.4 Å². The van der Waals surface area contributed by atoms with E-state index in [9.17, 15) is 0 Å². The van der Waals surface area contributed by atoms with Gasteiger partial charge in [-0.05, 0) is 38.3 Å². The molecule has 108 valence electrons. The lowest BCUT2D eigenvalue weighted by atomic mass is 10.1. The minimum Gasteiger partial charge on any atom is -0.450 e. The van der Waals surface area contributed by atoms with Crippen LogP contribution in [-0.2, 0) is 0 Å². The quantitative estimate of drug-likeness (QED) is 0.742. The number of furan rings is 1. The van der Waals surface area contributed by atoms with Crippen molar-refractivity contribution in [2.24, 2.45) is 0 Å². The van der Waals surface area contributed by atoms with Crippen LogP contribution in [0.3, 0.4) is 0 Å². The minimum atomic E-state index is 0.312. The maximum Gasteiger partial charge on any atom is 0.222 e. The highest BCUT2D eigenvalue weighted by atomic mass is 16.3. The Morgan fingerprint density at radius 3 is 2.76 bits per heavy atom. The molecule has 0 spiro atoms. The van der Waals surface area contributed by atoms with Crippen LogP contribution in [0.2, 0.25) is 0 Å². The van der Waals surface area contributed by atoms with Crippen molar-refractivity contribution in [1.29, 1.82) is 0 Å². The fourth-order valence-electron chi connectivity index (χ4n) is 3.08. The molecule has 0 radical (unpaired) electrons. The molecule has 0 aliphatic carbocycles. The zero-order valence-electron chi connectivity index (χ0n) is 12.1. The van der Waals surface area contributed by atoms with Crippen LogP contribution >= 0.6 is 0 Å². The second-order valence-corrected chi connectivity index (χ2v) is 5.73. The molecule has 5 heteroatoms. The van der Waals surface area contributed by atoms with E-state index in [1.165, 1.54) is 24.8 Å². The average Bonchev–Trinajstić information content (AvgIpc) is 2.85. The van der Waals surface area contributed by atoms with Crippen molar-refractivity contribution in [3.05, 3.63) is 23.8 Å². The topological polar surface area (TPSA) is 68.2 Å². The van der Waals surface area contributed by atoms with Gasteiger partial charge in [0.2, 0.25) is 5.95 Å². The zero-order chi connectivity index (χ0) is 14.4. The molecule has 3 aromatic rings. The van der Waals surface area contributed by atoms with Gasteiger partial charge in [0.05, 0.1) is 0 Å². The number of aryl methyl sites for hydroxylation is 1. The number of nitrogen functional groups attached to an aromatic ring is 1. The number of nitrogens with two attached hydrogens (primary N) is 1. The molecule has 1 aliphatic heterocycles. The molecular formula is C16H18N4O. The number of fused-ring (bicyclic) bond motifs is 3. The third-order valence-corrected chi connectivity index (χ3v) is 4.12. The third-order valence-electron chi connectivity index (χ3n) is 4.12. The molecule has 2 aromatic heterocycles. The predicted molar refractivity (Wildman–Crippen MR) is 84.5 cm³/mol. The van der Waals surface area contributed by atoms with Crippen molar-refractivity contribution in [3.8, 4) is 0 Å². The summed E-state index contributed by atoms with van der Waals surface area (Å²) in [5, 5.41) is 1.01. The second kappa shape index (κ2) is 4.62. The summed E-state index contributed by atoms with van der Waals surface area (Å²) >= 11 is 0. The smallest absolute Gasteiger partial charge is 0.222 e. The molecule has 0 atom stereocenters. The molecule has 4 rings (SSSR count). The standard InChI is InChI=1S/C16H18N4O/c1-10-5-6-12-11(9-10)13-14(21-12)15(19-16(17)18-13)20-7-3-2-4-8-20/h5-6,9H,2-4,7-8H2,1H3,(H2,17,18,19). The Hall–Kier alpha value is -2.30. The van der Waals surface area contributed by atoms with E-state index in [1.54, 1.807) is 0 Å². The van der Waals surface area contributed by atoms with Crippen LogP contribution in [0.5, 0.6) is 0 Å². The highest BCUT2D eigenvalue weighted by molar-refractivity contribution is 6.06. The second-order valence-electron chi connectivity index (χ2n) is 5.73. The Kier molecular flexibility index (Phi) is 2.74. The molecule has 5 nitrogen and oxygen atoms in total. The third kappa shape index (κ3) is 2.00. The van der Waals surface area contributed by atoms with Gasteiger partial charge >= 0.3 is 0 Å². The number of nitrogens with zero attached hydrogens (tertiary/aromatic N) is 3. The first kappa shape index (κ1) is 12.4. The summed E-state index contributed by atoms with van der Waals surface area (Å²) in [5.41, 5.74) is 9.53. The molecule has 0 unspecified atom stereocenters. The van der Waals surface area contributed by atoms with E-state index < -0.39 is 0 Å². The van der Waals surface area contributed by atoms with Crippen molar-refractivity contribution in [2.45, 2.75) is 26.2 Å². The van der Waals surface area contributed by atoms with Crippen LogP contribution in [0.25, 0.3) is 22.1 Å². The highest BCUT2D eigenvalue weighted by Gasteiger charge is 2.21. The van der Waals surface area contributed by atoms with Crippen molar-refractivity contribution < 1.29 is 4.42 Å². The van der Waals surface area contributed by atoms with Gasteiger partial charge in [-0.2, -0.15) is 4.98 Å². The van der Waals surface area contributed by atoms with Crippen LogP contribution in [0, 0.1) is 6.92 Å². The van der Waals surface area contributed by atoms with Gasteiger partial charge in [-0.15, -0.1) is 0 Å². The van der Waals surface area contributed by atoms with E-state index in [1.807, 2.05) is 12.1 Å².